The Bertz CT molecular complexity index is 761. The van der Waals surface area contributed by atoms with E-state index in [-0.39, 0.29) is 5.91 Å². The smallest absolute Gasteiger partial charge is 0.239 e. The predicted octanol–water partition coefficient (Wildman–Crippen LogP) is 3.21. The molecule has 1 amide bonds. The topological polar surface area (TPSA) is 65.4 Å². The molecule has 1 fully saturated rings. The highest BCUT2D eigenvalue weighted by atomic mass is 35.5. The van der Waals surface area contributed by atoms with Crippen molar-refractivity contribution in [1.82, 2.24) is 4.90 Å². The van der Waals surface area contributed by atoms with Crippen LogP contribution in [0.4, 0.5) is 5.00 Å². The number of carbonyl (C=O) groups excluding carboxylic acids is 1. The first-order chi connectivity index (χ1) is 11.7. The second-order valence-electron chi connectivity index (χ2n) is 5.41. The molecule has 3 rings (SSSR count). The quantitative estimate of drug-likeness (QED) is 0.908. The third kappa shape index (κ3) is 3.94. The van der Waals surface area contributed by atoms with Crippen LogP contribution in [0.5, 0.6) is 0 Å². The maximum Gasteiger partial charge on any atom is 0.239 e. The number of nitrogens with one attached hydrogen (secondary N) is 1. The van der Waals surface area contributed by atoms with Gasteiger partial charge < -0.3 is 10.1 Å². The molecule has 0 unspecified atom stereocenters. The van der Waals surface area contributed by atoms with Crippen molar-refractivity contribution >= 4 is 33.8 Å². The molecule has 0 saturated carbocycles. The van der Waals surface area contributed by atoms with Crippen LogP contribution in [0, 0.1) is 11.3 Å². The van der Waals surface area contributed by atoms with Gasteiger partial charge in [-0.25, -0.2) is 0 Å². The van der Waals surface area contributed by atoms with Crippen molar-refractivity contribution in [1.29, 1.82) is 5.26 Å². The molecule has 0 radical (unpaired) electrons. The highest BCUT2D eigenvalue weighted by Crippen LogP contribution is 2.35. The highest BCUT2D eigenvalue weighted by molar-refractivity contribution is 7.15. The summed E-state index contributed by atoms with van der Waals surface area (Å²) in [5.41, 5.74) is 2.19. The Morgan fingerprint density at radius 1 is 1.33 bits per heavy atom. The third-order valence-electron chi connectivity index (χ3n) is 3.78. The number of nitrogens with zero attached hydrogens (tertiary/aromatic N) is 2. The molecule has 0 spiro atoms. The first kappa shape index (κ1) is 16.9. The van der Waals surface area contributed by atoms with Gasteiger partial charge in [-0.05, 0) is 17.7 Å². The number of hydrogen-bond donors (Lipinski definition) is 1. The maximum atomic E-state index is 12.2. The average molecular weight is 362 g/mol. The molecular weight excluding hydrogens is 346 g/mol. The van der Waals surface area contributed by atoms with E-state index in [4.69, 9.17) is 16.3 Å². The summed E-state index contributed by atoms with van der Waals surface area (Å²) in [5.74, 6) is -0.113. The number of rotatable bonds is 4. The molecular formula is C17H16ClN3O2S. The van der Waals surface area contributed by atoms with Gasteiger partial charge in [0.15, 0.2) is 0 Å². The van der Waals surface area contributed by atoms with Gasteiger partial charge in [0, 0.05) is 29.1 Å². The standard InChI is InChI=1S/C17H16ClN3O2S/c18-13-3-1-12(2-4-13)15-11-24-17(14(15)9-19)20-16(22)10-21-5-7-23-8-6-21/h1-4,11H,5-8,10H2,(H,20,22). The third-order valence-corrected chi connectivity index (χ3v) is 4.93. The van der Waals surface area contributed by atoms with Gasteiger partial charge in [0.1, 0.15) is 11.1 Å². The zero-order valence-electron chi connectivity index (χ0n) is 12.9. The van der Waals surface area contributed by atoms with E-state index in [1.54, 1.807) is 12.1 Å². The van der Waals surface area contributed by atoms with Crippen LogP contribution in [0.1, 0.15) is 5.56 Å². The number of halogens is 1. The molecule has 0 bridgehead atoms. The number of ether oxygens (including phenoxy) is 1. The van der Waals surface area contributed by atoms with Crippen LogP contribution in [0.3, 0.4) is 0 Å². The first-order valence-electron chi connectivity index (χ1n) is 7.55. The largest absolute Gasteiger partial charge is 0.379 e. The van der Waals surface area contributed by atoms with E-state index in [0.29, 0.717) is 35.3 Å². The minimum atomic E-state index is -0.113. The number of morpholine rings is 1. The Morgan fingerprint density at radius 3 is 2.71 bits per heavy atom. The second-order valence-corrected chi connectivity index (χ2v) is 6.72. The van der Waals surface area contributed by atoms with Crippen LogP contribution < -0.4 is 5.32 Å². The lowest BCUT2D eigenvalue weighted by Crippen LogP contribution is -2.41. The summed E-state index contributed by atoms with van der Waals surface area (Å²) in [7, 11) is 0. The van der Waals surface area contributed by atoms with Gasteiger partial charge >= 0.3 is 0 Å². The summed E-state index contributed by atoms with van der Waals surface area (Å²) in [6.07, 6.45) is 0. The lowest BCUT2D eigenvalue weighted by Gasteiger charge is -2.25. The van der Waals surface area contributed by atoms with Crippen molar-refractivity contribution in [2.45, 2.75) is 0 Å². The summed E-state index contributed by atoms with van der Waals surface area (Å²) in [4.78, 5) is 14.3. The molecule has 1 aromatic carbocycles. The SMILES string of the molecule is N#Cc1c(-c2ccc(Cl)cc2)csc1NC(=O)CN1CCOCC1. The van der Waals surface area contributed by atoms with E-state index in [2.05, 4.69) is 11.4 Å². The van der Waals surface area contributed by atoms with E-state index in [1.165, 1.54) is 11.3 Å². The van der Waals surface area contributed by atoms with Crippen LogP contribution in [0.25, 0.3) is 11.1 Å². The van der Waals surface area contributed by atoms with E-state index in [1.807, 2.05) is 22.4 Å². The van der Waals surface area contributed by atoms with E-state index >= 15 is 0 Å². The molecule has 5 nitrogen and oxygen atoms in total. The molecule has 1 N–H and O–H groups in total. The lowest BCUT2D eigenvalue weighted by molar-refractivity contribution is -0.118. The summed E-state index contributed by atoms with van der Waals surface area (Å²) in [6, 6.07) is 9.49. The van der Waals surface area contributed by atoms with E-state index < -0.39 is 0 Å². The summed E-state index contributed by atoms with van der Waals surface area (Å²) < 4.78 is 5.27. The van der Waals surface area contributed by atoms with Gasteiger partial charge in [-0.3, -0.25) is 9.69 Å². The first-order valence-corrected chi connectivity index (χ1v) is 8.80. The fourth-order valence-electron chi connectivity index (χ4n) is 2.53. The van der Waals surface area contributed by atoms with E-state index in [9.17, 15) is 10.1 Å². The van der Waals surface area contributed by atoms with Gasteiger partial charge in [-0.2, -0.15) is 5.26 Å². The molecule has 24 heavy (non-hydrogen) atoms. The molecule has 2 heterocycles. The van der Waals surface area contributed by atoms with Gasteiger partial charge in [0.05, 0.1) is 25.3 Å². The molecule has 124 valence electrons. The molecule has 7 heteroatoms. The van der Waals surface area contributed by atoms with Crippen molar-refractivity contribution in [3.8, 4) is 17.2 Å². The van der Waals surface area contributed by atoms with Crippen LogP contribution in [0.15, 0.2) is 29.6 Å². The Balaban J connectivity index is 1.73. The number of nitriles is 1. The molecule has 0 aliphatic carbocycles. The molecule has 1 aliphatic rings. The van der Waals surface area contributed by atoms with Crippen LogP contribution in [0.2, 0.25) is 5.02 Å². The molecule has 2 aromatic rings. The number of thiophene rings is 1. The van der Waals surface area contributed by atoms with Gasteiger partial charge in [-0.1, -0.05) is 23.7 Å². The lowest BCUT2D eigenvalue weighted by atomic mass is 10.1. The van der Waals surface area contributed by atoms with Crippen molar-refractivity contribution in [2.75, 3.05) is 38.2 Å². The molecule has 1 aliphatic heterocycles. The number of benzene rings is 1. The summed E-state index contributed by atoms with van der Waals surface area (Å²) >= 11 is 7.27. The van der Waals surface area contributed by atoms with E-state index in [0.717, 1.165) is 24.2 Å². The fraction of sp³-hybridized carbons (Fsp3) is 0.294. The van der Waals surface area contributed by atoms with Crippen molar-refractivity contribution in [3.05, 3.63) is 40.2 Å². The fourth-order valence-corrected chi connectivity index (χ4v) is 3.59. The van der Waals surface area contributed by atoms with Crippen LogP contribution >= 0.6 is 22.9 Å². The Labute approximate surface area is 149 Å². The number of anilines is 1. The maximum absolute atomic E-state index is 12.2. The zero-order valence-corrected chi connectivity index (χ0v) is 14.5. The average Bonchev–Trinajstić information content (AvgIpc) is 2.99. The zero-order chi connectivity index (χ0) is 16.9. The highest BCUT2D eigenvalue weighted by Gasteiger charge is 2.18. The minimum absolute atomic E-state index is 0.113. The number of hydrogen-bond acceptors (Lipinski definition) is 5. The van der Waals surface area contributed by atoms with Crippen LogP contribution in [-0.2, 0) is 9.53 Å². The predicted molar refractivity (Wildman–Crippen MR) is 95.4 cm³/mol. The number of carbonyl (C=O) groups is 1. The molecule has 1 aromatic heterocycles. The Morgan fingerprint density at radius 2 is 2.04 bits per heavy atom. The summed E-state index contributed by atoms with van der Waals surface area (Å²) in [6.45, 7) is 3.10. The van der Waals surface area contributed by atoms with Gasteiger partial charge in [-0.15, -0.1) is 11.3 Å². The Hall–Kier alpha value is -1.91. The minimum Gasteiger partial charge on any atom is -0.379 e. The normalized spacial score (nSPS) is 15.0. The molecule has 1 saturated heterocycles. The van der Waals surface area contributed by atoms with Gasteiger partial charge in [0.2, 0.25) is 5.91 Å². The summed E-state index contributed by atoms with van der Waals surface area (Å²) in [5, 5.41) is 15.5. The van der Waals surface area contributed by atoms with Crippen molar-refractivity contribution in [2.24, 2.45) is 0 Å². The van der Waals surface area contributed by atoms with Gasteiger partial charge in [0.25, 0.3) is 0 Å². The monoisotopic (exact) mass is 361 g/mol. The van der Waals surface area contributed by atoms with Crippen LogP contribution in [-0.4, -0.2) is 43.7 Å². The number of amides is 1. The second kappa shape index (κ2) is 7.77. The van der Waals surface area contributed by atoms with Crippen molar-refractivity contribution in [3.63, 3.8) is 0 Å². The Kier molecular flexibility index (Phi) is 5.48. The molecule has 0 atom stereocenters. The van der Waals surface area contributed by atoms with Crippen molar-refractivity contribution < 1.29 is 9.53 Å².